The van der Waals surface area contributed by atoms with Gasteiger partial charge in [-0.1, -0.05) is 6.07 Å². The van der Waals surface area contributed by atoms with Crippen molar-refractivity contribution in [1.29, 1.82) is 0 Å². The molecule has 19 heavy (non-hydrogen) atoms. The lowest BCUT2D eigenvalue weighted by Crippen LogP contribution is -2.13. The summed E-state index contributed by atoms with van der Waals surface area (Å²) in [6.45, 7) is 3.34. The van der Waals surface area contributed by atoms with Crippen molar-refractivity contribution in [2.75, 3.05) is 10.6 Å². The molecule has 0 fully saturated rings. The van der Waals surface area contributed by atoms with Gasteiger partial charge in [0.15, 0.2) is 0 Å². The number of nitrogens with one attached hydrogen (secondary N) is 3. The molecule has 0 atom stereocenters. The zero-order valence-electron chi connectivity index (χ0n) is 10.8. The molecule has 5 heteroatoms. The van der Waals surface area contributed by atoms with Gasteiger partial charge in [0, 0.05) is 24.5 Å². The lowest BCUT2D eigenvalue weighted by molar-refractivity contribution is -0.114. The zero-order chi connectivity index (χ0) is 13.8. The summed E-state index contributed by atoms with van der Waals surface area (Å²) in [6, 6.07) is 8.82. The second-order valence-corrected chi connectivity index (χ2v) is 4.25. The molecule has 0 aliphatic rings. The maximum atomic E-state index is 11.9. The third kappa shape index (κ3) is 3.22. The Morgan fingerprint density at radius 3 is 2.58 bits per heavy atom. The van der Waals surface area contributed by atoms with Gasteiger partial charge >= 0.3 is 0 Å². The molecule has 1 aromatic carbocycles. The SMILES string of the molecule is CC(=O)Nc1cc(NC(=O)c2ccc[nH]2)ccc1C. The van der Waals surface area contributed by atoms with Crippen LogP contribution in [0.3, 0.4) is 0 Å². The number of hydrogen-bond acceptors (Lipinski definition) is 2. The van der Waals surface area contributed by atoms with Crippen LogP contribution in [0.4, 0.5) is 11.4 Å². The van der Waals surface area contributed by atoms with Crippen molar-refractivity contribution in [1.82, 2.24) is 4.98 Å². The number of H-pyrrole nitrogens is 1. The van der Waals surface area contributed by atoms with Gasteiger partial charge in [0.05, 0.1) is 0 Å². The number of rotatable bonds is 3. The summed E-state index contributed by atoms with van der Waals surface area (Å²) in [4.78, 5) is 25.8. The van der Waals surface area contributed by atoms with E-state index in [1.807, 2.05) is 13.0 Å². The second-order valence-electron chi connectivity index (χ2n) is 4.25. The molecule has 1 heterocycles. The van der Waals surface area contributed by atoms with E-state index >= 15 is 0 Å². The highest BCUT2D eigenvalue weighted by atomic mass is 16.2. The number of aromatic amines is 1. The van der Waals surface area contributed by atoms with Gasteiger partial charge in [-0.05, 0) is 36.8 Å². The number of aryl methyl sites for hydroxylation is 1. The first-order valence-corrected chi connectivity index (χ1v) is 5.89. The molecule has 3 N–H and O–H groups in total. The summed E-state index contributed by atoms with van der Waals surface area (Å²) in [5.41, 5.74) is 2.75. The van der Waals surface area contributed by atoms with E-state index in [-0.39, 0.29) is 11.8 Å². The van der Waals surface area contributed by atoms with Crippen molar-refractivity contribution < 1.29 is 9.59 Å². The van der Waals surface area contributed by atoms with Crippen LogP contribution in [0.15, 0.2) is 36.5 Å². The maximum Gasteiger partial charge on any atom is 0.272 e. The standard InChI is InChI=1S/C14H15N3O2/c1-9-5-6-11(8-13(9)16-10(2)18)17-14(19)12-4-3-7-15-12/h3-8,15H,1-2H3,(H,16,18)(H,17,19). The van der Waals surface area contributed by atoms with Crippen LogP contribution in [0.25, 0.3) is 0 Å². The molecule has 0 unspecified atom stereocenters. The van der Waals surface area contributed by atoms with Crippen molar-refractivity contribution in [3.05, 3.63) is 47.8 Å². The maximum absolute atomic E-state index is 11.9. The van der Waals surface area contributed by atoms with Crippen LogP contribution in [0, 0.1) is 6.92 Å². The minimum Gasteiger partial charge on any atom is -0.357 e. The average molecular weight is 257 g/mol. The number of carbonyl (C=O) groups excluding carboxylic acids is 2. The van der Waals surface area contributed by atoms with Crippen molar-refractivity contribution >= 4 is 23.2 Å². The molecule has 0 saturated carbocycles. The highest BCUT2D eigenvalue weighted by Gasteiger charge is 2.08. The van der Waals surface area contributed by atoms with Crippen LogP contribution in [-0.2, 0) is 4.79 Å². The molecule has 0 aliphatic heterocycles. The highest BCUT2D eigenvalue weighted by molar-refractivity contribution is 6.03. The average Bonchev–Trinajstić information content (AvgIpc) is 2.86. The van der Waals surface area contributed by atoms with Gasteiger partial charge in [0.1, 0.15) is 5.69 Å². The first-order chi connectivity index (χ1) is 9.06. The molecular formula is C14H15N3O2. The summed E-state index contributed by atoms with van der Waals surface area (Å²) in [6.07, 6.45) is 1.69. The number of aromatic nitrogens is 1. The van der Waals surface area contributed by atoms with Gasteiger partial charge in [-0.25, -0.2) is 0 Å². The largest absolute Gasteiger partial charge is 0.357 e. The molecule has 0 radical (unpaired) electrons. The summed E-state index contributed by atoms with van der Waals surface area (Å²) in [5.74, 6) is -0.362. The van der Waals surface area contributed by atoms with E-state index in [0.29, 0.717) is 17.1 Å². The summed E-state index contributed by atoms with van der Waals surface area (Å²) < 4.78 is 0. The van der Waals surface area contributed by atoms with Crippen LogP contribution < -0.4 is 10.6 Å². The van der Waals surface area contributed by atoms with Crippen molar-refractivity contribution in [2.45, 2.75) is 13.8 Å². The van der Waals surface area contributed by atoms with Gasteiger partial charge < -0.3 is 15.6 Å². The van der Waals surface area contributed by atoms with E-state index in [1.165, 1.54) is 6.92 Å². The van der Waals surface area contributed by atoms with Crippen molar-refractivity contribution in [2.24, 2.45) is 0 Å². The molecule has 0 saturated heterocycles. The van der Waals surface area contributed by atoms with E-state index in [0.717, 1.165) is 5.56 Å². The van der Waals surface area contributed by atoms with Crippen LogP contribution in [0.2, 0.25) is 0 Å². The first-order valence-electron chi connectivity index (χ1n) is 5.89. The Bertz CT molecular complexity index is 603. The smallest absolute Gasteiger partial charge is 0.272 e. The monoisotopic (exact) mass is 257 g/mol. The molecule has 0 spiro atoms. The van der Waals surface area contributed by atoms with Crippen molar-refractivity contribution in [3.63, 3.8) is 0 Å². The summed E-state index contributed by atoms with van der Waals surface area (Å²) in [5, 5.41) is 5.49. The lowest BCUT2D eigenvalue weighted by atomic mass is 10.1. The molecular weight excluding hydrogens is 242 g/mol. The van der Waals surface area contributed by atoms with E-state index in [1.54, 1.807) is 30.5 Å². The minimum absolute atomic E-state index is 0.143. The van der Waals surface area contributed by atoms with Gasteiger partial charge in [0.25, 0.3) is 5.91 Å². The van der Waals surface area contributed by atoms with Crippen molar-refractivity contribution in [3.8, 4) is 0 Å². The van der Waals surface area contributed by atoms with Gasteiger partial charge in [-0.15, -0.1) is 0 Å². The minimum atomic E-state index is -0.220. The molecule has 5 nitrogen and oxygen atoms in total. The third-order valence-corrected chi connectivity index (χ3v) is 2.65. The van der Waals surface area contributed by atoms with Crippen LogP contribution >= 0.6 is 0 Å². The lowest BCUT2D eigenvalue weighted by Gasteiger charge is -2.10. The molecule has 0 aliphatic carbocycles. The fourth-order valence-electron chi connectivity index (χ4n) is 1.69. The molecule has 2 aromatic rings. The molecule has 98 valence electrons. The number of carbonyl (C=O) groups is 2. The zero-order valence-corrected chi connectivity index (χ0v) is 10.8. The number of anilines is 2. The molecule has 2 rings (SSSR count). The topological polar surface area (TPSA) is 74.0 Å². The number of benzene rings is 1. The van der Waals surface area contributed by atoms with E-state index in [2.05, 4.69) is 15.6 Å². The van der Waals surface area contributed by atoms with Crippen LogP contribution in [-0.4, -0.2) is 16.8 Å². The summed E-state index contributed by atoms with van der Waals surface area (Å²) >= 11 is 0. The number of amides is 2. The van der Waals surface area contributed by atoms with E-state index in [4.69, 9.17) is 0 Å². The third-order valence-electron chi connectivity index (χ3n) is 2.65. The van der Waals surface area contributed by atoms with Crippen LogP contribution in [0.1, 0.15) is 23.0 Å². The fourth-order valence-corrected chi connectivity index (χ4v) is 1.69. The van der Waals surface area contributed by atoms with Gasteiger partial charge in [0.2, 0.25) is 5.91 Å². The normalized spacial score (nSPS) is 10.0. The number of hydrogen-bond donors (Lipinski definition) is 3. The Kier molecular flexibility index (Phi) is 3.66. The quantitative estimate of drug-likeness (QED) is 0.790. The molecule has 1 aromatic heterocycles. The Labute approximate surface area is 111 Å². The first kappa shape index (κ1) is 12.9. The van der Waals surface area contributed by atoms with E-state index in [9.17, 15) is 9.59 Å². The Morgan fingerprint density at radius 2 is 1.95 bits per heavy atom. The highest BCUT2D eigenvalue weighted by Crippen LogP contribution is 2.20. The summed E-state index contributed by atoms with van der Waals surface area (Å²) in [7, 11) is 0. The Hall–Kier alpha value is -2.56. The van der Waals surface area contributed by atoms with Gasteiger partial charge in [-0.2, -0.15) is 0 Å². The predicted molar refractivity (Wildman–Crippen MR) is 74.2 cm³/mol. The Morgan fingerprint density at radius 1 is 1.16 bits per heavy atom. The van der Waals surface area contributed by atoms with Crippen LogP contribution in [0.5, 0.6) is 0 Å². The predicted octanol–water partition coefficient (Wildman–Crippen LogP) is 2.53. The fraction of sp³-hybridized carbons (Fsp3) is 0.143. The van der Waals surface area contributed by atoms with E-state index < -0.39 is 0 Å². The Balaban J connectivity index is 2.17. The molecule has 0 bridgehead atoms. The van der Waals surface area contributed by atoms with Gasteiger partial charge in [-0.3, -0.25) is 9.59 Å². The molecule has 2 amide bonds. The second kappa shape index (κ2) is 5.39.